The van der Waals surface area contributed by atoms with E-state index >= 15 is 0 Å². The molecule has 0 bridgehead atoms. The van der Waals surface area contributed by atoms with Gasteiger partial charge in [-0.2, -0.15) is 0 Å². The lowest BCUT2D eigenvalue weighted by atomic mass is 10.0. The van der Waals surface area contributed by atoms with Crippen LogP contribution in [0.15, 0.2) is 106 Å². The average molecular weight is 732 g/mol. The van der Waals surface area contributed by atoms with Crippen LogP contribution in [0.4, 0.5) is 5.69 Å². The van der Waals surface area contributed by atoms with Crippen LogP contribution in [0.5, 0.6) is 0 Å². The molecule has 0 unspecified atom stereocenters. The van der Waals surface area contributed by atoms with Gasteiger partial charge in [0.1, 0.15) is 12.6 Å². The first-order valence-electron chi connectivity index (χ1n) is 14.4. The van der Waals surface area contributed by atoms with Gasteiger partial charge in [-0.3, -0.25) is 13.9 Å². The Bertz CT molecular complexity index is 1740. The van der Waals surface area contributed by atoms with E-state index in [0.717, 1.165) is 25.5 Å². The van der Waals surface area contributed by atoms with Crippen molar-refractivity contribution in [1.29, 1.82) is 0 Å². The molecule has 0 heterocycles. The highest BCUT2D eigenvalue weighted by Gasteiger charge is 2.35. The van der Waals surface area contributed by atoms with Gasteiger partial charge in [0.25, 0.3) is 10.0 Å². The highest BCUT2D eigenvalue weighted by atomic mass is 79.9. The summed E-state index contributed by atoms with van der Waals surface area (Å²) in [6.07, 6.45) is 0.929. The number of aryl methyl sites for hydroxylation is 1. The summed E-state index contributed by atoms with van der Waals surface area (Å²) in [4.78, 5) is 29.7. The number of anilines is 1. The number of hydrogen-bond donors (Lipinski definition) is 1. The van der Waals surface area contributed by atoms with E-state index in [1.54, 1.807) is 24.3 Å². The molecule has 4 aromatic carbocycles. The predicted molar refractivity (Wildman–Crippen MR) is 184 cm³/mol. The molecular formula is C34H34BrCl2N3O4S. The maximum absolute atomic E-state index is 14.5. The van der Waals surface area contributed by atoms with E-state index in [1.165, 1.54) is 23.1 Å². The predicted octanol–water partition coefficient (Wildman–Crippen LogP) is 7.43. The summed E-state index contributed by atoms with van der Waals surface area (Å²) in [6.45, 7) is 3.64. The van der Waals surface area contributed by atoms with Crippen LogP contribution >= 0.6 is 39.1 Å². The van der Waals surface area contributed by atoms with Gasteiger partial charge in [-0.15, -0.1) is 0 Å². The molecule has 1 N–H and O–H groups in total. The Morgan fingerprint density at radius 2 is 1.56 bits per heavy atom. The van der Waals surface area contributed by atoms with E-state index in [4.69, 9.17) is 23.2 Å². The van der Waals surface area contributed by atoms with Crippen molar-refractivity contribution < 1.29 is 18.0 Å². The number of sulfonamides is 1. The van der Waals surface area contributed by atoms with E-state index in [1.807, 2.05) is 68.4 Å². The zero-order valence-electron chi connectivity index (χ0n) is 24.9. The van der Waals surface area contributed by atoms with Gasteiger partial charge in [0.2, 0.25) is 11.8 Å². The molecule has 0 radical (unpaired) electrons. The number of benzene rings is 4. The van der Waals surface area contributed by atoms with E-state index in [0.29, 0.717) is 13.0 Å². The first kappa shape index (κ1) is 34.5. The fraction of sp³-hybridized carbons (Fsp3) is 0.235. The topological polar surface area (TPSA) is 86.8 Å². The van der Waals surface area contributed by atoms with Crippen LogP contribution in [0.3, 0.4) is 0 Å². The van der Waals surface area contributed by atoms with Crippen molar-refractivity contribution in [2.24, 2.45) is 0 Å². The standard InChI is InChI=1S/C34H34BrCl2N3O4S/c1-3-19-38-34(42)31(21-25-9-5-4-6-10-25)39(22-26-11-7-12-27(35)20-26)32(41)23-40(30-14-8-13-29(36)33(30)37)45(43,44)28-17-15-24(2)16-18-28/h4-18,20,31H,3,19,21-23H2,1-2H3,(H,38,42)/t31-/m0/s1. The second kappa shape index (κ2) is 15.8. The molecule has 236 valence electrons. The summed E-state index contributed by atoms with van der Waals surface area (Å²) < 4.78 is 30.1. The number of carbonyl (C=O) groups is 2. The second-order valence-corrected chi connectivity index (χ2v) is 14.1. The zero-order valence-corrected chi connectivity index (χ0v) is 28.8. The van der Waals surface area contributed by atoms with E-state index in [-0.39, 0.29) is 39.5 Å². The Balaban J connectivity index is 1.83. The van der Waals surface area contributed by atoms with Gasteiger partial charge < -0.3 is 10.2 Å². The number of halogens is 3. The average Bonchev–Trinajstić information content (AvgIpc) is 3.02. The van der Waals surface area contributed by atoms with Gasteiger partial charge in [0.15, 0.2) is 0 Å². The van der Waals surface area contributed by atoms with Crippen LogP contribution in [0, 0.1) is 6.92 Å². The molecule has 7 nitrogen and oxygen atoms in total. The van der Waals surface area contributed by atoms with Crippen molar-refractivity contribution in [2.75, 3.05) is 17.4 Å². The Kier molecular flexibility index (Phi) is 12.1. The lowest BCUT2D eigenvalue weighted by Crippen LogP contribution is -2.53. The molecule has 1 atom stereocenters. The first-order valence-corrected chi connectivity index (χ1v) is 17.4. The maximum Gasteiger partial charge on any atom is 0.264 e. The van der Waals surface area contributed by atoms with Gasteiger partial charge in [0, 0.05) is 24.0 Å². The van der Waals surface area contributed by atoms with Crippen LogP contribution in [-0.4, -0.2) is 44.3 Å². The summed E-state index contributed by atoms with van der Waals surface area (Å²) >= 11 is 16.4. The van der Waals surface area contributed by atoms with Gasteiger partial charge in [-0.25, -0.2) is 8.42 Å². The molecule has 0 aliphatic rings. The van der Waals surface area contributed by atoms with Crippen molar-refractivity contribution in [3.63, 3.8) is 0 Å². The largest absolute Gasteiger partial charge is 0.354 e. The van der Waals surface area contributed by atoms with Crippen LogP contribution < -0.4 is 9.62 Å². The lowest BCUT2D eigenvalue weighted by Gasteiger charge is -2.34. The number of hydrogen-bond acceptors (Lipinski definition) is 4. The Morgan fingerprint density at radius 3 is 2.22 bits per heavy atom. The summed E-state index contributed by atoms with van der Waals surface area (Å²) in [7, 11) is -4.30. The summed E-state index contributed by atoms with van der Waals surface area (Å²) in [5, 5.41) is 3.06. The van der Waals surface area contributed by atoms with Gasteiger partial charge >= 0.3 is 0 Å². The maximum atomic E-state index is 14.5. The normalized spacial score (nSPS) is 11.9. The molecule has 0 fully saturated rings. The minimum atomic E-state index is -4.30. The first-order chi connectivity index (χ1) is 21.5. The number of rotatable bonds is 13. The van der Waals surface area contributed by atoms with Gasteiger partial charge in [-0.1, -0.05) is 112 Å². The minimum Gasteiger partial charge on any atom is -0.354 e. The molecule has 0 aromatic heterocycles. The summed E-state index contributed by atoms with van der Waals surface area (Å²) in [6, 6.07) is 26.8. The monoisotopic (exact) mass is 729 g/mol. The quantitative estimate of drug-likeness (QED) is 0.155. The van der Waals surface area contributed by atoms with Crippen LogP contribution in [0.1, 0.15) is 30.0 Å². The number of nitrogens with one attached hydrogen (secondary N) is 1. The zero-order chi connectivity index (χ0) is 32.6. The third kappa shape index (κ3) is 8.88. The van der Waals surface area contributed by atoms with Crippen LogP contribution in [0.25, 0.3) is 0 Å². The van der Waals surface area contributed by atoms with Crippen LogP contribution in [-0.2, 0) is 32.6 Å². The van der Waals surface area contributed by atoms with E-state index in [2.05, 4.69) is 21.2 Å². The van der Waals surface area contributed by atoms with Crippen molar-refractivity contribution in [2.45, 2.75) is 44.2 Å². The molecule has 0 aliphatic heterocycles. The lowest BCUT2D eigenvalue weighted by molar-refractivity contribution is -0.140. The fourth-order valence-electron chi connectivity index (χ4n) is 4.79. The molecular weight excluding hydrogens is 697 g/mol. The highest BCUT2D eigenvalue weighted by molar-refractivity contribution is 9.10. The molecule has 11 heteroatoms. The second-order valence-electron chi connectivity index (χ2n) is 10.5. The van der Waals surface area contributed by atoms with Crippen LogP contribution in [0.2, 0.25) is 10.0 Å². The van der Waals surface area contributed by atoms with Crippen molar-refractivity contribution in [1.82, 2.24) is 10.2 Å². The summed E-state index contributed by atoms with van der Waals surface area (Å²) in [5.74, 6) is -0.924. The van der Waals surface area contributed by atoms with Gasteiger partial charge in [0.05, 0.1) is 20.6 Å². The van der Waals surface area contributed by atoms with Gasteiger partial charge in [-0.05, 0) is 60.9 Å². The van der Waals surface area contributed by atoms with Crippen molar-refractivity contribution >= 4 is 66.7 Å². The van der Waals surface area contributed by atoms with Crippen molar-refractivity contribution in [3.8, 4) is 0 Å². The Morgan fingerprint density at radius 1 is 0.889 bits per heavy atom. The molecule has 0 saturated heterocycles. The third-order valence-electron chi connectivity index (χ3n) is 7.15. The molecule has 4 aromatic rings. The molecule has 4 rings (SSSR count). The number of carbonyl (C=O) groups excluding carboxylic acids is 2. The molecule has 0 spiro atoms. The molecule has 0 aliphatic carbocycles. The Hall–Kier alpha value is -3.37. The molecule has 45 heavy (non-hydrogen) atoms. The Labute approximate surface area is 283 Å². The number of nitrogens with zero attached hydrogens (tertiary/aromatic N) is 2. The number of amides is 2. The van der Waals surface area contributed by atoms with E-state index < -0.39 is 28.5 Å². The highest BCUT2D eigenvalue weighted by Crippen LogP contribution is 2.35. The SMILES string of the molecule is CCCNC(=O)[C@H](Cc1ccccc1)N(Cc1cccc(Br)c1)C(=O)CN(c1cccc(Cl)c1Cl)S(=O)(=O)c1ccc(C)cc1. The molecule has 0 saturated carbocycles. The molecule has 2 amide bonds. The summed E-state index contributed by atoms with van der Waals surface area (Å²) in [5.41, 5.74) is 2.53. The smallest absolute Gasteiger partial charge is 0.264 e. The van der Waals surface area contributed by atoms with Crippen molar-refractivity contribution in [3.05, 3.63) is 128 Å². The van der Waals surface area contributed by atoms with E-state index in [9.17, 15) is 18.0 Å². The minimum absolute atomic E-state index is 0.0114. The fourth-order valence-corrected chi connectivity index (χ4v) is 7.11. The third-order valence-corrected chi connectivity index (χ3v) is 10.2.